The molecule has 0 aliphatic heterocycles. The smallest absolute Gasteiger partial charge is 0.244 e. The monoisotopic (exact) mass is 405 g/mol. The fraction of sp³-hybridized carbons (Fsp3) is 0.211. The number of amides is 1. The molecule has 24 heavy (non-hydrogen) atoms. The Morgan fingerprint density at radius 2 is 2.04 bits per heavy atom. The van der Waals surface area contributed by atoms with E-state index in [1.807, 2.05) is 36.4 Å². The van der Waals surface area contributed by atoms with Crippen LogP contribution in [0.4, 0.5) is 0 Å². The van der Waals surface area contributed by atoms with Gasteiger partial charge < -0.3 is 10.1 Å². The fourth-order valence-electron chi connectivity index (χ4n) is 2.07. The normalized spacial score (nSPS) is 10.8. The summed E-state index contributed by atoms with van der Waals surface area (Å²) in [5.41, 5.74) is 2.16. The molecule has 0 unspecified atom stereocenters. The highest BCUT2D eigenvalue weighted by atomic mass is 79.9. The minimum absolute atomic E-state index is 0.0997. The van der Waals surface area contributed by atoms with E-state index in [9.17, 15) is 4.79 Å². The molecule has 0 aliphatic rings. The van der Waals surface area contributed by atoms with Crippen LogP contribution < -0.4 is 10.1 Å². The summed E-state index contributed by atoms with van der Waals surface area (Å²) in [5.74, 6) is 2.48. The van der Waals surface area contributed by atoms with Gasteiger partial charge in [-0.2, -0.15) is 11.8 Å². The Labute approximate surface area is 155 Å². The number of thioether (sulfide) groups is 1. The third-order valence-corrected chi connectivity index (χ3v) is 4.79. The Kier molecular flexibility index (Phi) is 7.92. The molecule has 0 saturated carbocycles. The highest BCUT2D eigenvalue weighted by Gasteiger charge is 2.01. The second-order valence-corrected chi connectivity index (χ2v) is 7.07. The van der Waals surface area contributed by atoms with E-state index in [0.29, 0.717) is 6.54 Å². The predicted molar refractivity (Wildman–Crippen MR) is 105 cm³/mol. The number of carbonyl (C=O) groups is 1. The van der Waals surface area contributed by atoms with E-state index in [1.54, 1.807) is 24.9 Å². The molecule has 1 N–H and O–H groups in total. The number of carbonyl (C=O) groups excluding carboxylic acids is 1. The maximum absolute atomic E-state index is 11.9. The average molecular weight is 406 g/mol. The van der Waals surface area contributed by atoms with Gasteiger partial charge in [-0.05, 0) is 29.8 Å². The van der Waals surface area contributed by atoms with Crippen LogP contribution in [0, 0.1) is 0 Å². The van der Waals surface area contributed by atoms with Crippen molar-refractivity contribution in [3.05, 3.63) is 70.2 Å². The number of hydrogen-bond acceptors (Lipinski definition) is 3. The Bertz CT molecular complexity index is 689. The van der Waals surface area contributed by atoms with Gasteiger partial charge in [-0.3, -0.25) is 4.79 Å². The zero-order valence-corrected chi connectivity index (χ0v) is 15.9. The maximum Gasteiger partial charge on any atom is 0.244 e. The molecule has 0 saturated heterocycles. The molecule has 0 radical (unpaired) electrons. The Morgan fingerprint density at radius 3 is 2.79 bits per heavy atom. The molecule has 0 heterocycles. The number of hydrogen-bond donors (Lipinski definition) is 1. The van der Waals surface area contributed by atoms with Crippen LogP contribution in [-0.2, 0) is 10.5 Å². The van der Waals surface area contributed by atoms with Gasteiger partial charge in [0.05, 0.1) is 7.11 Å². The second kappa shape index (κ2) is 10.2. The van der Waals surface area contributed by atoms with Gasteiger partial charge in [0.2, 0.25) is 5.91 Å². The molecule has 0 atom stereocenters. The van der Waals surface area contributed by atoms with Crippen LogP contribution in [0.15, 0.2) is 59.1 Å². The molecular formula is C19H20BrNO2S. The van der Waals surface area contributed by atoms with Crippen molar-refractivity contribution in [1.29, 1.82) is 0 Å². The van der Waals surface area contributed by atoms with Crippen LogP contribution in [0.1, 0.15) is 11.1 Å². The van der Waals surface area contributed by atoms with Gasteiger partial charge in [-0.1, -0.05) is 46.3 Å². The first-order chi connectivity index (χ1) is 11.7. The third kappa shape index (κ3) is 6.42. The molecule has 126 valence electrons. The first-order valence-corrected chi connectivity index (χ1v) is 9.55. The SMILES string of the molecule is COc1ccc(Br)cc1/C=C/C(=O)NCCSCc1ccccc1. The van der Waals surface area contributed by atoms with Crippen molar-refractivity contribution in [1.82, 2.24) is 5.32 Å². The largest absolute Gasteiger partial charge is 0.496 e. The summed E-state index contributed by atoms with van der Waals surface area (Å²) >= 11 is 5.22. The summed E-state index contributed by atoms with van der Waals surface area (Å²) in [6.45, 7) is 0.649. The topological polar surface area (TPSA) is 38.3 Å². The van der Waals surface area contributed by atoms with Crippen LogP contribution >= 0.6 is 27.7 Å². The van der Waals surface area contributed by atoms with Crippen molar-refractivity contribution < 1.29 is 9.53 Å². The van der Waals surface area contributed by atoms with Crippen LogP contribution in [0.25, 0.3) is 6.08 Å². The summed E-state index contributed by atoms with van der Waals surface area (Å²) in [6, 6.07) is 16.0. The minimum Gasteiger partial charge on any atom is -0.496 e. The summed E-state index contributed by atoms with van der Waals surface area (Å²) in [6.07, 6.45) is 3.29. The van der Waals surface area contributed by atoms with E-state index in [1.165, 1.54) is 11.6 Å². The van der Waals surface area contributed by atoms with E-state index < -0.39 is 0 Å². The van der Waals surface area contributed by atoms with Crippen LogP contribution in [0.3, 0.4) is 0 Å². The van der Waals surface area contributed by atoms with Crippen LogP contribution in [0.5, 0.6) is 5.75 Å². The first kappa shape index (κ1) is 18.6. The van der Waals surface area contributed by atoms with Crippen molar-refractivity contribution >= 4 is 39.7 Å². The summed E-state index contributed by atoms with van der Waals surface area (Å²) in [4.78, 5) is 11.9. The van der Waals surface area contributed by atoms with Gasteiger partial charge in [0, 0.05) is 34.2 Å². The van der Waals surface area contributed by atoms with Crippen molar-refractivity contribution in [3.8, 4) is 5.75 Å². The average Bonchev–Trinajstić information content (AvgIpc) is 2.60. The molecule has 2 aromatic rings. The standard InChI is InChI=1S/C19H20BrNO2S/c1-23-18-9-8-17(20)13-16(18)7-10-19(22)21-11-12-24-14-15-5-3-2-4-6-15/h2-10,13H,11-12,14H2,1H3,(H,21,22)/b10-7+. The van der Waals surface area contributed by atoms with E-state index in [0.717, 1.165) is 27.3 Å². The molecule has 5 heteroatoms. The summed E-state index contributed by atoms with van der Waals surface area (Å²) in [5, 5.41) is 2.89. The van der Waals surface area contributed by atoms with E-state index in [4.69, 9.17) is 4.74 Å². The molecule has 2 rings (SSSR count). The van der Waals surface area contributed by atoms with Gasteiger partial charge in [0.15, 0.2) is 0 Å². The van der Waals surface area contributed by atoms with Crippen molar-refractivity contribution in [2.24, 2.45) is 0 Å². The Morgan fingerprint density at radius 1 is 1.25 bits per heavy atom. The van der Waals surface area contributed by atoms with Gasteiger partial charge in [-0.25, -0.2) is 0 Å². The number of halogens is 1. The number of nitrogens with one attached hydrogen (secondary N) is 1. The van der Waals surface area contributed by atoms with Gasteiger partial charge in [0.25, 0.3) is 0 Å². The molecule has 3 nitrogen and oxygen atoms in total. The van der Waals surface area contributed by atoms with Crippen LogP contribution in [0.2, 0.25) is 0 Å². The van der Waals surface area contributed by atoms with Gasteiger partial charge in [-0.15, -0.1) is 0 Å². The molecule has 1 amide bonds. The molecular weight excluding hydrogens is 386 g/mol. The molecule has 0 fully saturated rings. The minimum atomic E-state index is -0.0997. The molecule has 0 bridgehead atoms. The lowest BCUT2D eigenvalue weighted by Crippen LogP contribution is -2.23. The van der Waals surface area contributed by atoms with E-state index in [2.05, 4.69) is 33.4 Å². The predicted octanol–water partition coefficient (Wildman–Crippen LogP) is 4.52. The number of methoxy groups -OCH3 is 1. The Hall–Kier alpha value is -1.72. The van der Waals surface area contributed by atoms with Gasteiger partial charge in [0.1, 0.15) is 5.75 Å². The summed E-state index contributed by atoms with van der Waals surface area (Å²) in [7, 11) is 1.62. The highest BCUT2D eigenvalue weighted by Crippen LogP contribution is 2.24. The highest BCUT2D eigenvalue weighted by molar-refractivity contribution is 9.10. The number of ether oxygens (including phenoxy) is 1. The van der Waals surface area contributed by atoms with Crippen molar-refractivity contribution in [3.63, 3.8) is 0 Å². The lowest BCUT2D eigenvalue weighted by atomic mass is 10.2. The van der Waals surface area contributed by atoms with Gasteiger partial charge >= 0.3 is 0 Å². The zero-order valence-electron chi connectivity index (χ0n) is 13.5. The number of rotatable bonds is 8. The summed E-state index contributed by atoms with van der Waals surface area (Å²) < 4.78 is 6.23. The molecule has 0 aromatic heterocycles. The first-order valence-electron chi connectivity index (χ1n) is 7.60. The third-order valence-electron chi connectivity index (χ3n) is 3.26. The number of benzene rings is 2. The fourth-order valence-corrected chi connectivity index (χ4v) is 3.27. The Balaban J connectivity index is 1.72. The molecule has 2 aromatic carbocycles. The van der Waals surface area contributed by atoms with E-state index >= 15 is 0 Å². The molecule has 0 spiro atoms. The molecule has 0 aliphatic carbocycles. The van der Waals surface area contributed by atoms with Crippen LogP contribution in [-0.4, -0.2) is 25.3 Å². The quantitative estimate of drug-likeness (QED) is 0.518. The second-order valence-electron chi connectivity index (χ2n) is 5.05. The van der Waals surface area contributed by atoms with E-state index in [-0.39, 0.29) is 5.91 Å². The zero-order chi connectivity index (χ0) is 17.2. The van der Waals surface area contributed by atoms with Crippen molar-refractivity contribution in [2.45, 2.75) is 5.75 Å². The lowest BCUT2D eigenvalue weighted by molar-refractivity contribution is -0.116. The van der Waals surface area contributed by atoms with Crippen molar-refractivity contribution in [2.75, 3.05) is 19.4 Å². The lowest BCUT2D eigenvalue weighted by Gasteiger charge is -2.05. The maximum atomic E-state index is 11.9.